The van der Waals surface area contributed by atoms with Gasteiger partial charge in [0, 0.05) is 19.0 Å². The van der Waals surface area contributed by atoms with Gasteiger partial charge in [-0.1, -0.05) is 30.3 Å². The Morgan fingerprint density at radius 3 is 2.73 bits per heavy atom. The van der Waals surface area contributed by atoms with E-state index in [0.29, 0.717) is 22.9 Å². The molecule has 9 nitrogen and oxygen atoms in total. The average Bonchev–Trinajstić information content (AvgIpc) is 3.31. The fourth-order valence-electron chi connectivity index (χ4n) is 3.99. The van der Waals surface area contributed by atoms with Crippen molar-refractivity contribution in [2.24, 2.45) is 0 Å². The molecule has 1 aliphatic heterocycles. The predicted molar refractivity (Wildman–Crippen MR) is 113 cm³/mol. The molecule has 6 atom stereocenters. The highest BCUT2D eigenvalue weighted by Crippen LogP contribution is 2.45. The fourth-order valence-corrected chi connectivity index (χ4v) is 5.46. The van der Waals surface area contributed by atoms with Gasteiger partial charge in [-0.2, -0.15) is 0 Å². The van der Waals surface area contributed by atoms with Gasteiger partial charge in [-0.3, -0.25) is 9.36 Å². The summed E-state index contributed by atoms with van der Waals surface area (Å²) in [6, 6.07) is 10.6. The van der Waals surface area contributed by atoms with Crippen LogP contribution in [-0.4, -0.2) is 66.2 Å². The minimum atomic E-state index is -1.17. The lowest BCUT2D eigenvalue weighted by Crippen LogP contribution is -2.39. The number of amides is 1. The number of aliphatic hydroxyl groups is 2. The van der Waals surface area contributed by atoms with Gasteiger partial charge in [-0.25, -0.2) is 15.0 Å². The van der Waals surface area contributed by atoms with Crippen molar-refractivity contribution in [1.29, 1.82) is 0 Å². The number of nitrogens with one attached hydrogen (secondary N) is 2. The minimum Gasteiger partial charge on any atom is -0.389 e. The summed E-state index contributed by atoms with van der Waals surface area (Å²) in [6.45, 7) is 0. The van der Waals surface area contributed by atoms with Crippen LogP contribution in [0.15, 0.2) is 43.0 Å². The van der Waals surface area contributed by atoms with Crippen LogP contribution in [0.4, 0.5) is 5.82 Å². The second kappa shape index (κ2) is 7.53. The zero-order chi connectivity index (χ0) is 20.8. The van der Waals surface area contributed by atoms with Crippen molar-refractivity contribution in [2.75, 3.05) is 12.4 Å². The molecule has 1 amide bonds. The van der Waals surface area contributed by atoms with Crippen molar-refractivity contribution in [1.82, 2.24) is 24.8 Å². The first kappa shape index (κ1) is 19.3. The Morgan fingerprint density at radius 1 is 1.17 bits per heavy atom. The van der Waals surface area contributed by atoms with Gasteiger partial charge < -0.3 is 20.8 Å². The van der Waals surface area contributed by atoms with E-state index >= 15 is 0 Å². The van der Waals surface area contributed by atoms with Crippen molar-refractivity contribution in [3.8, 4) is 0 Å². The Hall–Kier alpha value is -2.69. The highest BCUT2D eigenvalue weighted by Gasteiger charge is 2.47. The van der Waals surface area contributed by atoms with Crippen LogP contribution in [0, 0.1) is 0 Å². The fraction of sp³-hybridized carbons (Fsp3) is 0.400. The number of anilines is 1. The molecule has 4 unspecified atom stereocenters. The van der Waals surface area contributed by atoms with E-state index in [1.807, 2.05) is 18.2 Å². The summed E-state index contributed by atoms with van der Waals surface area (Å²) >= 11 is 1.19. The Labute approximate surface area is 176 Å². The number of carbonyl (C=O) groups is 1. The first-order valence-electron chi connectivity index (χ1n) is 9.80. The number of aromatic nitrogens is 4. The molecule has 0 radical (unpaired) electrons. The van der Waals surface area contributed by atoms with E-state index in [4.69, 9.17) is 0 Å². The van der Waals surface area contributed by atoms with E-state index in [-0.39, 0.29) is 11.9 Å². The van der Waals surface area contributed by atoms with Crippen molar-refractivity contribution < 1.29 is 15.0 Å². The molecule has 4 N–H and O–H groups in total. The van der Waals surface area contributed by atoms with Crippen molar-refractivity contribution in [3.05, 3.63) is 48.5 Å². The normalized spacial score (nSPS) is 30.4. The molecule has 156 valence electrons. The lowest BCUT2D eigenvalue weighted by Gasteiger charge is -2.17. The molecular formula is C20H22N6O3S. The molecule has 1 aromatic carbocycles. The van der Waals surface area contributed by atoms with Crippen LogP contribution >= 0.6 is 11.8 Å². The number of benzene rings is 1. The highest BCUT2D eigenvalue weighted by molar-refractivity contribution is 8.01. The molecule has 3 heterocycles. The van der Waals surface area contributed by atoms with E-state index in [1.54, 1.807) is 10.9 Å². The van der Waals surface area contributed by atoms with Gasteiger partial charge in [0.05, 0.1) is 6.33 Å². The van der Waals surface area contributed by atoms with Crippen LogP contribution in [0.25, 0.3) is 11.2 Å². The first-order chi connectivity index (χ1) is 14.6. The summed E-state index contributed by atoms with van der Waals surface area (Å²) in [6.07, 6.45) is 1.77. The molecule has 30 heavy (non-hydrogen) atoms. The van der Waals surface area contributed by atoms with Crippen molar-refractivity contribution in [3.63, 3.8) is 0 Å². The molecule has 2 aliphatic rings. The van der Waals surface area contributed by atoms with Crippen molar-refractivity contribution >= 4 is 34.7 Å². The van der Waals surface area contributed by atoms with Crippen LogP contribution in [0.3, 0.4) is 0 Å². The third-order valence-electron chi connectivity index (χ3n) is 5.72. The maximum atomic E-state index is 12.0. The van der Waals surface area contributed by atoms with E-state index in [2.05, 4.69) is 37.7 Å². The number of hydrogen-bond donors (Lipinski definition) is 4. The summed E-state index contributed by atoms with van der Waals surface area (Å²) in [5.74, 6) is 0.758. The summed E-state index contributed by atoms with van der Waals surface area (Å²) in [5.41, 5.74) is 2.44. The Bertz CT molecular complexity index is 1080. The van der Waals surface area contributed by atoms with Gasteiger partial charge in [0.25, 0.3) is 0 Å². The van der Waals surface area contributed by atoms with Crippen LogP contribution in [0.1, 0.15) is 23.3 Å². The second-order valence-corrected chi connectivity index (χ2v) is 8.86. The van der Waals surface area contributed by atoms with Gasteiger partial charge in [-0.05, 0) is 12.0 Å². The number of hydrogen-bond acceptors (Lipinski definition) is 8. The summed E-state index contributed by atoms with van der Waals surface area (Å²) < 4.78 is 1.70. The topological polar surface area (TPSA) is 125 Å². The molecular weight excluding hydrogens is 404 g/mol. The lowest BCUT2D eigenvalue weighted by molar-refractivity contribution is -0.122. The van der Waals surface area contributed by atoms with Gasteiger partial charge in [0.15, 0.2) is 11.5 Å². The maximum absolute atomic E-state index is 12.0. The molecule has 2 aromatic heterocycles. The van der Waals surface area contributed by atoms with Crippen LogP contribution in [0.5, 0.6) is 0 Å². The predicted octanol–water partition coefficient (Wildman–Crippen LogP) is 0.876. The zero-order valence-electron chi connectivity index (χ0n) is 16.2. The molecule has 2 fully saturated rings. The molecule has 0 bridgehead atoms. The summed E-state index contributed by atoms with van der Waals surface area (Å²) in [4.78, 5) is 25.2. The minimum absolute atomic E-state index is 0.279. The number of fused-ring (bicyclic) bond motifs is 1. The number of thioether (sulfide) groups is 1. The molecule has 5 rings (SSSR count). The lowest BCUT2D eigenvalue weighted by atomic mass is 10.1. The highest BCUT2D eigenvalue weighted by atomic mass is 32.2. The third kappa shape index (κ3) is 3.21. The standard InChI is InChI=1S/C20H22N6O3S/c1-21-19(29)16-14(27)15(28)20(30-16)26-9-24-13-17(22-8-23-18(13)26)25-12-7-11(12)10-5-3-2-4-6-10/h2-6,8-9,11-12,14-16,20,27-28H,7H2,1H3,(H,21,29)(H,22,23,25)/t11?,12?,14?,15?,16-,20+/m0/s1. The molecule has 3 aromatic rings. The Balaban J connectivity index is 1.39. The SMILES string of the molecule is CNC(=O)[C@H]1S[C@@H](n2cnc3c(NC4CC4c4ccccc4)ncnc32)C(O)C1O. The molecule has 0 spiro atoms. The van der Waals surface area contributed by atoms with Crippen LogP contribution in [0.2, 0.25) is 0 Å². The van der Waals surface area contributed by atoms with Gasteiger partial charge >= 0.3 is 0 Å². The molecule has 1 saturated carbocycles. The smallest absolute Gasteiger partial charge is 0.235 e. The van der Waals surface area contributed by atoms with E-state index < -0.39 is 22.8 Å². The number of carbonyl (C=O) groups excluding carboxylic acids is 1. The number of rotatable bonds is 5. The average molecular weight is 427 g/mol. The van der Waals surface area contributed by atoms with Crippen molar-refractivity contribution in [2.45, 2.75) is 41.2 Å². The second-order valence-electron chi connectivity index (χ2n) is 7.59. The Kier molecular flexibility index (Phi) is 4.84. The molecule has 1 aliphatic carbocycles. The monoisotopic (exact) mass is 426 g/mol. The third-order valence-corrected chi connectivity index (χ3v) is 7.29. The summed E-state index contributed by atoms with van der Waals surface area (Å²) in [5, 5.41) is 25.5. The van der Waals surface area contributed by atoms with E-state index in [1.165, 1.54) is 30.7 Å². The van der Waals surface area contributed by atoms with Crippen LogP contribution in [-0.2, 0) is 4.79 Å². The first-order valence-corrected chi connectivity index (χ1v) is 10.7. The van der Waals surface area contributed by atoms with E-state index in [9.17, 15) is 15.0 Å². The molecule has 1 saturated heterocycles. The Morgan fingerprint density at radius 2 is 1.97 bits per heavy atom. The quantitative estimate of drug-likeness (QED) is 0.474. The van der Waals surface area contributed by atoms with Gasteiger partial charge in [0.1, 0.15) is 34.7 Å². The van der Waals surface area contributed by atoms with Crippen LogP contribution < -0.4 is 10.6 Å². The number of imidazole rings is 1. The molecule has 10 heteroatoms. The maximum Gasteiger partial charge on any atom is 0.235 e. The zero-order valence-corrected chi connectivity index (χ0v) is 17.0. The summed E-state index contributed by atoms with van der Waals surface area (Å²) in [7, 11) is 1.51. The number of nitrogens with zero attached hydrogens (tertiary/aromatic N) is 4. The van der Waals surface area contributed by atoms with E-state index in [0.717, 1.165) is 6.42 Å². The van der Waals surface area contributed by atoms with Gasteiger partial charge in [0.2, 0.25) is 5.91 Å². The van der Waals surface area contributed by atoms with Gasteiger partial charge in [-0.15, -0.1) is 11.8 Å². The largest absolute Gasteiger partial charge is 0.389 e. The number of aliphatic hydroxyl groups excluding tert-OH is 2.